The summed E-state index contributed by atoms with van der Waals surface area (Å²) in [5, 5.41) is 14.2. The van der Waals surface area contributed by atoms with Crippen LogP contribution in [0.5, 0.6) is 23.0 Å². The highest BCUT2D eigenvalue weighted by Crippen LogP contribution is 2.38. The van der Waals surface area contributed by atoms with Crippen LogP contribution in [0.15, 0.2) is 35.4 Å². The van der Waals surface area contributed by atoms with E-state index < -0.39 is 5.91 Å². The third-order valence-corrected chi connectivity index (χ3v) is 4.44. The molecule has 2 aromatic carbocycles. The smallest absolute Gasteiger partial charge is 0.271 e. The van der Waals surface area contributed by atoms with Gasteiger partial charge < -0.3 is 24.2 Å². The Labute approximate surface area is 170 Å². The van der Waals surface area contributed by atoms with Crippen LogP contribution in [-0.2, 0) is 0 Å². The predicted octanol–water partition coefficient (Wildman–Crippen LogP) is 3.03. The van der Waals surface area contributed by atoms with E-state index in [1.54, 1.807) is 12.1 Å². The van der Waals surface area contributed by atoms with Crippen molar-refractivity contribution in [3.05, 3.63) is 41.5 Å². The van der Waals surface area contributed by atoms with Gasteiger partial charge in [-0.3, -0.25) is 4.79 Å². The van der Waals surface area contributed by atoms with Crippen molar-refractivity contribution >= 4 is 17.8 Å². The lowest BCUT2D eigenvalue weighted by Crippen LogP contribution is -2.21. The number of carbonyl (C=O) groups is 1. The van der Waals surface area contributed by atoms with Crippen LogP contribution in [-0.4, -0.2) is 51.6 Å². The highest BCUT2D eigenvalue weighted by molar-refractivity contribution is 5.96. The quantitative estimate of drug-likeness (QED) is 0.496. The monoisotopic (exact) mass is 401 g/mol. The number of nitrogens with one attached hydrogen (secondary N) is 1. The fraction of sp³-hybridized carbons (Fsp3) is 0.333. The standard InChI is InChI=1S/C21H27N3O5/c1-6-24(7-2)16-9-8-14(17(25)12-16)13-22-23-21(26)15-10-18(27-3)20(29-5)19(11-15)28-4/h8-13,25H,6-7H2,1-5H3,(H,23,26). The van der Waals surface area contributed by atoms with E-state index in [0.717, 1.165) is 18.8 Å². The molecule has 156 valence electrons. The van der Waals surface area contributed by atoms with Gasteiger partial charge in [-0.05, 0) is 38.1 Å². The molecule has 8 heteroatoms. The Bertz CT molecular complexity index is 854. The number of methoxy groups -OCH3 is 3. The molecule has 0 fully saturated rings. The van der Waals surface area contributed by atoms with Gasteiger partial charge in [0, 0.05) is 36.0 Å². The minimum absolute atomic E-state index is 0.0835. The normalized spacial score (nSPS) is 10.7. The number of hydrogen-bond acceptors (Lipinski definition) is 7. The summed E-state index contributed by atoms with van der Waals surface area (Å²) in [6.07, 6.45) is 1.39. The number of amides is 1. The first-order valence-electron chi connectivity index (χ1n) is 9.20. The van der Waals surface area contributed by atoms with E-state index in [0.29, 0.717) is 22.8 Å². The number of phenols is 1. The van der Waals surface area contributed by atoms with Gasteiger partial charge in [-0.2, -0.15) is 5.10 Å². The highest BCUT2D eigenvalue weighted by Gasteiger charge is 2.16. The fourth-order valence-electron chi connectivity index (χ4n) is 2.86. The second-order valence-electron chi connectivity index (χ2n) is 6.03. The molecule has 2 N–H and O–H groups in total. The number of anilines is 1. The maximum atomic E-state index is 12.4. The Morgan fingerprint density at radius 1 is 1.07 bits per heavy atom. The molecular weight excluding hydrogens is 374 g/mol. The van der Waals surface area contributed by atoms with E-state index in [2.05, 4.69) is 29.3 Å². The minimum atomic E-state index is -0.459. The van der Waals surface area contributed by atoms with E-state index in [9.17, 15) is 9.90 Å². The van der Waals surface area contributed by atoms with Crippen molar-refractivity contribution in [2.75, 3.05) is 39.3 Å². The molecule has 0 aliphatic carbocycles. The number of hydrogen-bond donors (Lipinski definition) is 2. The number of phenolic OH excluding ortho intramolecular Hbond substituents is 1. The summed E-state index contributed by atoms with van der Waals surface area (Å²) in [5.74, 6) is 0.754. The van der Waals surface area contributed by atoms with E-state index in [1.165, 1.54) is 39.7 Å². The number of benzene rings is 2. The van der Waals surface area contributed by atoms with E-state index in [1.807, 2.05) is 6.07 Å². The van der Waals surface area contributed by atoms with Crippen molar-refractivity contribution in [1.82, 2.24) is 5.43 Å². The van der Waals surface area contributed by atoms with Crippen molar-refractivity contribution in [3.63, 3.8) is 0 Å². The van der Waals surface area contributed by atoms with Crippen LogP contribution in [0.2, 0.25) is 0 Å². The summed E-state index contributed by atoms with van der Waals surface area (Å²) >= 11 is 0. The van der Waals surface area contributed by atoms with Crippen LogP contribution in [0.25, 0.3) is 0 Å². The number of ether oxygens (including phenoxy) is 3. The van der Waals surface area contributed by atoms with Gasteiger partial charge in [-0.15, -0.1) is 0 Å². The van der Waals surface area contributed by atoms with Gasteiger partial charge in [-0.1, -0.05) is 0 Å². The van der Waals surface area contributed by atoms with Crippen LogP contribution in [0.3, 0.4) is 0 Å². The zero-order chi connectivity index (χ0) is 21.4. The number of rotatable bonds is 9. The third-order valence-electron chi connectivity index (χ3n) is 4.44. The van der Waals surface area contributed by atoms with Crippen molar-refractivity contribution in [3.8, 4) is 23.0 Å². The number of aromatic hydroxyl groups is 1. The van der Waals surface area contributed by atoms with Crippen LogP contribution >= 0.6 is 0 Å². The maximum Gasteiger partial charge on any atom is 0.271 e. The first kappa shape index (κ1) is 21.9. The summed E-state index contributed by atoms with van der Waals surface area (Å²) in [7, 11) is 4.44. The van der Waals surface area contributed by atoms with Gasteiger partial charge >= 0.3 is 0 Å². The predicted molar refractivity (Wildman–Crippen MR) is 113 cm³/mol. The molecule has 2 rings (SSSR count). The lowest BCUT2D eigenvalue weighted by molar-refractivity contribution is 0.0954. The lowest BCUT2D eigenvalue weighted by atomic mass is 10.1. The summed E-state index contributed by atoms with van der Waals surface area (Å²) in [4.78, 5) is 14.5. The second-order valence-corrected chi connectivity index (χ2v) is 6.03. The Kier molecular flexibility index (Phi) is 7.70. The largest absolute Gasteiger partial charge is 0.507 e. The van der Waals surface area contributed by atoms with Crippen molar-refractivity contribution in [1.29, 1.82) is 0 Å². The van der Waals surface area contributed by atoms with Crippen LogP contribution < -0.4 is 24.5 Å². The zero-order valence-corrected chi connectivity index (χ0v) is 17.4. The number of hydrazone groups is 1. The molecule has 0 bridgehead atoms. The van der Waals surface area contributed by atoms with Gasteiger partial charge in [0.2, 0.25) is 5.75 Å². The molecule has 0 atom stereocenters. The summed E-state index contributed by atoms with van der Waals surface area (Å²) in [5.41, 5.74) is 4.14. The Morgan fingerprint density at radius 3 is 2.17 bits per heavy atom. The van der Waals surface area contributed by atoms with Gasteiger partial charge in [0.1, 0.15) is 5.75 Å². The van der Waals surface area contributed by atoms with E-state index in [4.69, 9.17) is 14.2 Å². The number of carbonyl (C=O) groups excluding carboxylic acids is 1. The average molecular weight is 401 g/mol. The van der Waals surface area contributed by atoms with E-state index in [-0.39, 0.29) is 11.3 Å². The van der Waals surface area contributed by atoms with Gasteiger partial charge in [0.15, 0.2) is 11.5 Å². The molecule has 0 radical (unpaired) electrons. The molecule has 0 aromatic heterocycles. The molecule has 0 spiro atoms. The SMILES string of the molecule is CCN(CC)c1ccc(C=NNC(=O)c2cc(OC)c(OC)c(OC)c2)c(O)c1. The van der Waals surface area contributed by atoms with Gasteiger partial charge in [0.25, 0.3) is 5.91 Å². The molecular formula is C21H27N3O5. The Balaban J connectivity index is 2.15. The van der Waals surface area contributed by atoms with Gasteiger partial charge in [0.05, 0.1) is 27.5 Å². The molecule has 2 aromatic rings. The van der Waals surface area contributed by atoms with Gasteiger partial charge in [-0.25, -0.2) is 5.43 Å². The van der Waals surface area contributed by atoms with E-state index >= 15 is 0 Å². The molecule has 8 nitrogen and oxygen atoms in total. The van der Waals surface area contributed by atoms with Crippen molar-refractivity contribution < 1.29 is 24.1 Å². The minimum Gasteiger partial charge on any atom is -0.507 e. The molecule has 1 amide bonds. The maximum absolute atomic E-state index is 12.4. The summed E-state index contributed by atoms with van der Waals surface area (Å²) in [6.45, 7) is 5.78. The topological polar surface area (TPSA) is 92.6 Å². The highest BCUT2D eigenvalue weighted by atomic mass is 16.5. The molecule has 29 heavy (non-hydrogen) atoms. The molecule has 0 heterocycles. The second kappa shape index (κ2) is 10.2. The molecule has 0 saturated carbocycles. The summed E-state index contributed by atoms with van der Waals surface area (Å²) in [6, 6.07) is 8.38. The van der Waals surface area contributed by atoms with Crippen LogP contribution in [0, 0.1) is 0 Å². The van der Waals surface area contributed by atoms with Crippen molar-refractivity contribution in [2.24, 2.45) is 5.10 Å². The first-order valence-corrected chi connectivity index (χ1v) is 9.20. The van der Waals surface area contributed by atoms with Crippen molar-refractivity contribution in [2.45, 2.75) is 13.8 Å². The molecule has 0 saturated heterocycles. The Morgan fingerprint density at radius 2 is 1.69 bits per heavy atom. The molecule has 0 aliphatic rings. The zero-order valence-electron chi connectivity index (χ0n) is 17.4. The third kappa shape index (κ3) is 5.10. The summed E-state index contributed by atoms with van der Waals surface area (Å²) < 4.78 is 15.7. The molecule has 0 aliphatic heterocycles. The van der Waals surface area contributed by atoms with Crippen LogP contribution in [0.4, 0.5) is 5.69 Å². The fourth-order valence-corrected chi connectivity index (χ4v) is 2.86. The average Bonchev–Trinajstić information content (AvgIpc) is 2.74. The number of nitrogens with zero attached hydrogens (tertiary/aromatic N) is 2. The Hall–Kier alpha value is -3.42. The lowest BCUT2D eigenvalue weighted by Gasteiger charge is -2.21. The van der Waals surface area contributed by atoms with Crippen LogP contribution in [0.1, 0.15) is 29.8 Å². The molecule has 0 unspecified atom stereocenters. The first-order chi connectivity index (χ1) is 14.0.